The molecule has 0 spiro atoms. The van der Waals surface area contributed by atoms with E-state index in [0.29, 0.717) is 10.6 Å². The Morgan fingerprint density at radius 2 is 2.06 bits per heavy atom. The van der Waals surface area contributed by atoms with Gasteiger partial charge in [-0.1, -0.05) is 11.6 Å². The molecule has 2 nitrogen and oxygen atoms in total. The van der Waals surface area contributed by atoms with Crippen molar-refractivity contribution in [3.8, 4) is 5.88 Å². The van der Waals surface area contributed by atoms with Crippen molar-refractivity contribution in [2.24, 2.45) is 0 Å². The van der Waals surface area contributed by atoms with Crippen LogP contribution < -0.4 is 4.74 Å². The van der Waals surface area contributed by atoms with E-state index in [1.165, 1.54) is 24.3 Å². The number of nitrogens with zero attached hydrogens (tertiary/aromatic N) is 1. The molecule has 0 N–H and O–H groups in total. The van der Waals surface area contributed by atoms with Crippen molar-refractivity contribution in [1.82, 2.24) is 4.98 Å². The first-order valence-electron chi connectivity index (χ1n) is 4.94. The molecule has 1 heterocycles. The molecule has 2 aromatic rings. The molecule has 0 radical (unpaired) electrons. The van der Waals surface area contributed by atoms with E-state index in [2.05, 4.69) is 20.9 Å². The topological polar surface area (TPSA) is 22.1 Å². The fraction of sp³-hybridized carbons (Fsp3) is 0.0833. The van der Waals surface area contributed by atoms with Gasteiger partial charge in [0.2, 0.25) is 5.88 Å². The molecule has 0 amide bonds. The van der Waals surface area contributed by atoms with E-state index in [9.17, 15) is 8.78 Å². The first-order chi connectivity index (χ1) is 8.56. The number of ether oxygens (including phenoxy) is 1. The summed E-state index contributed by atoms with van der Waals surface area (Å²) in [7, 11) is 0. The molecule has 0 saturated heterocycles. The van der Waals surface area contributed by atoms with E-state index in [4.69, 9.17) is 16.3 Å². The molecule has 0 aliphatic carbocycles. The van der Waals surface area contributed by atoms with E-state index in [-0.39, 0.29) is 17.0 Å². The van der Waals surface area contributed by atoms with Crippen LogP contribution >= 0.6 is 27.5 Å². The summed E-state index contributed by atoms with van der Waals surface area (Å²) >= 11 is 8.97. The first-order valence-corrected chi connectivity index (χ1v) is 6.11. The van der Waals surface area contributed by atoms with Gasteiger partial charge in [-0.15, -0.1) is 0 Å². The summed E-state index contributed by atoms with van der Waals surface area (Å²) in [5.41, 5.74) is 0.489. The van der Waals surface area contributed by atoms with Crippen molar-refractivity contribution >= 4 is 27.5 Å². The van der Waals surface area contributed by atoms with Gasteiger partial charge in [-0.2, -0.15) is 0 Å². The van der Waals surface area contributed by atoms with Crippen molar-refractivity contribution < 1.29 is 13.5 Å². The summed E-state index contributed by atoms with van der Waals surface area (Å²) in [6, 6.07) is 5.34. The highest BCUT2D eigenvalue weighted by molar-refractivity contribution is 9.10. The Kier molecular flexibility index (Phi) is 4.14. The smallest absolute Gasteiger partial charge is 0.213 e. The van der Waals surface area contributed by atoms with Crippen molar-refractivity contribution in [3.63, 3.8) is 0 Å². The number of pyridine rings is 1. The van der Waals surface area contributed by atoms with Crippen LogP contribution in [0.15, 0.2) is 34.9 Å². The molecule has 0 unspecified atom stereocenters. The van der Waals surface area contributed by atoms with Crippen LogP contribution in [0.2, 0.25) is 5.02 Å². The third kappa shape index (κ3) is 3.17. The van der Waals surface area contributed by atoms with Crippen molar-refractivity contribution in [2.75, 3.05) is 0 Å². The zero-order valence-electron chi connectivity index (χ0n) is 8.96. The Balaban J connectivity index is 2.10. The minimum Gasteiger partial charge on any atom is -0.473 e. The maximum absolute atomic E-state index is 13.3. The third-order valence-electron chi connectivity index (χ3n) is 2.17. The molecule has 0 saturated carbocycles. The number of benzene rings is 1. The average molecular weight is 335 g/mol. The molecular formula is C12H7BrClF2NO. The second-order valence-electron chi connectivity index (χ2n) is 3.46. The SMILES string of the molecule is Fc1ccc(OCc2cc(F)c(Br)cc2Cl)nc1. The number of rotatable bonds is 3. The Morgan fingerprint density at radius 1 is 1.28 bits per heavy atom. The van der Waals surface area contributed by atoms with Gasteiger partial charge in [-0.3, -0.25) is 0 Å². The Morgan fingerprint density at radius 3 is 2.72 bits per heavy atom. The highest BCUT2D eigenvalue weighted by Gasteiger charge is 2.08. The van der Waals surface area contributed by atoms with Gasteiger partial charge < -0.3 is 4.74 Å². The summed E-state index contributed by atoms with van der Waals surface area (Å²) in [5.74, 6) is -0.629. The quantitative estimate of drug-likeness (QED) is 0.778. The zero-order chi connectivity index (χ0) is 13.1. The van der Waals surface area contributed by atoms with Crippen LogP contribution in [0, 0.1) is 11.6 Å². The monoisotopic (exact) mass is 333 g/mol. The summed E-state index contributed by atoms with van der Waals surface area (Å²) in [6.07, 6.45) is 1.04. The number of halogens is 4. The van der Waals surface area contributed by atoms with Gasteiger partial charge in [-0.05, 0) is 34.1 Å². The third-order valence-corrected chi connectivity index (χ3v) is 3.12. The summed E-state index contributed by atoms with van der Waals surface area (Å²) in [4.78, 5) is 3.72. The molecule has 0 atom stereocenters. The number of hydrogen-bond donors (Lipinski definition) is 0. The van der Waals surface area contributed by atoms with Crippen molar-refractivity contribution in [3.05, 3.63) is 57.2 Å². The molecule has 2 rings (SSSR count). The highest BCUT2D eigenvalue weighted by Crippen LogP contribution is 2.25. The van der Waals surface area contributed by atoms with Gasteiger partial charge in [0, 0.05) is 16.7 Å². The van der Waals surface area contributed by atoms with Gasteiger partial charge in [0.15, 0.2) is 0 Å². The normalized spacial score (nSPS) is 10.4. The van der Waals surface area contributed by atoms with Crippen LogP contribution in [-0.2, 0) is 6.61 Å². The predicted molar refractivity (Wildman–Crippen MR) is 67.6 cm³/mol. The summed E-state index contributed by atoms with van der Waals surface area (Å²) in [5, 5.41) is 0.380. The molecular weight excluding hydrogens is 327 g/mol. The summed E-state index contributed by atoms with van der Waals surface area (Å²) < 4.78 is 31.5. The Bertz CT molecular complexity index is 563. The summed E-state index contributed by atoms with van der Waals surface area (Å²) in [6.45, 7) is 0.0572. The molecule has 0 aliphatic rings. The van der Waals surface area contributed by atoms with E-state index in [0.717, 1.165) is 6.20 Å². The van der Waals surface area contributed by atoms with Crippen LogP contribution in [-0.4, -0.2) is 4.98 Å². The standard InChI is InChI=1S/C12H7BrClF2NO/c13-9-4-10(14)7(3-11(9)16)6-18-12-2-1-8(15)5-17-12/h1-5H,6H2. The van der Waals surface area contributed by atoms with Gasteiger partial charge in [-0.25, -0.2) is 13.8 Å². The predicted octanol–water partition coefficient (Wildman–Crippen LogP) is 4.35. The fourth-order valence-electron chi connectivity index (χ4n) is 1.27. The van der Waals surface area contributed by atoms with Crippen LogP contribution in [0.25, 0.3) is 0 Å². The fourth-order valence-corrected chi connectivity index (χ4v) is 1.97. The molecule has 18 heavy (non-hydrogen) atoms. The van der Waals surface area contributed by atoms with Crippen molar-refractivity contribution in [1.29, 1.82) is 0 Å². The molecule has 1 aromatic carbocycles. The maximum Gasteiger partial charge on any atom is 0.213 e. The molecule has 94 valence electrons. The maximum atomic E-state index is 13.3. The van der Waals surface area contributed by atoms with Crippen LogP contribution in [0.4, 0.5) is 8.78 Å². The second kappa shape index (κ2) is 5.63. The first kappa shape index (κ1) is 13.2. The molecule has 6 heteroatoms. The van der Waals surface area contributed by atoms with E-state index < -0.39 is 11.6 Å². The van der Waals surface area contributed by atoms with Crippen LogP contribution in [0.5, 0.6) is 5.88 Å². The van der Waals surface area contributed by atoms with Crippen LogP contribution in [0.1, 0.15) is 5.56 Å². The lowest BCUT2D eigenvalue weighted by Gasteiger charge is -2.07. The Labute approximate surface area is 116 Å². The zero-order valence-corrected chi connectivity index (χ0v) is 11.3. The van der Waals surface area contributed by atoms with E-state index in [1.807, 2.05) is 0 Å². The largest absolute Gasteiger partial charge is 0.473 e. The van der Waals surface area contributed by atoms with Gasteiger partial charge >= 0.3 is 0 Å². The molecule has 0 fully saturated rings. The minimum atomic E-state index is -0.449. The van der Waals surface area contributed by atoms with Crippen LogP contribution in [0.3, 0.4) is 0 Å². The highest BCUT2D eigenvalue weighted by atomic mass is 79.9. The van der Waals surface area contributed by atoms with Gasteiger partial charge in [0.1, 0.15) is 18.2 Å². The average Bonchev–Trinajstić information content (AvgIpc) is 2.34. The molecule has 0 aliphatic heterocycles. The number of hydrogen-bond acceptors (Lipinski definition) is 2. The Hall–Kier alpha value is -1.20. The lowest BCUT2D eigenvalue weighted by molar-refractivity contribution is 0.292. The van der Waals surface area contributed by atoms with Gasteiger partial charge in [0.25, 0.3) is 0 Å². The van der Waals surface area contributed by atoms with E-state index >= 15 is 0 Å². The van der Waals surface area contributed by atoms with Crippen molar-refractivity contribution in [2.45, 2.75) is 6.61 Å². The number of aromatic nitrogens is 1. The lowest BCUT2D eigenvalue weighted by atomic mass is 10.2. The lowest BCUT2D eigenvalue weighted by Crippen LogP contribution is -1.99. The molecule has 1 aromatic heterocycles. The second-order valence-corrected chi connectivity index (χ2v) is 4.72. The van der Waals surface area contributed by atoms with E-state index in [1.54, 1.807) is 0 Å². The molecule has 0 bridgehead atoms. The minimum absolute atomic E-state index is 0.0572. The van der Waals surface area contributed by atoms with Gasteiger partial charge in [0.05, 0.1) is 10.7 Å².